The fourth-order valence-electron chi connectivity index (χ4n) is 23.6. The summed E-state index contributed by atoms with van der Waals surface area (Å²) in [6, 6.07) is 41.6. The number of fused-ring (bicyclic) bond motifs is 15. The number of hydrogen-bond donors (Lipinski definition) is 0. The molecule has 17 rings (SSSR count). The van der Waals surface area contributed by atoms with Gasteiger partial charge in [0.1, 0.15) is 23.0 Å². The van der Waals surface area contributed by atoms with Crippen LogP contribution in [0.5, 0.6) is 17.2 Å². The number of esters is 4. The van der Waals surface area contributed by atoms with Crippen molar-refractivity contribution in [2.75, 3.05) is 69.0 Å². The fraction of sp³-hybridized carbons (Fsp3) is 0.458. The van der Waals surface area contributed by atoms with Crippen LogP contribution in [0.4, 0.5) is 34.1 Å². The Kier molecular flexibility index (Phi) is 32.8. The predicted molar refractivity (Wildman–Crippen MR) is 548 cm³/mol. The quantitative estimate of drug-likeness (QED) is 0.00499. The monoisotopic (exact) mass is 2000 g/mol. The van der Waals surface area contributed by atoms with E-state index in [1.807, 2.05) is 55.5 Å². The molecule has 12 amide bonds. The second-order valence-corrected chi connectivity index (χ2v) is 41.5. The van der Waals surface area contributed by atoms with E-state index in [1.165, 1.54) is 112 Å². The van der Waals surface area contributed by atoms with Gasteiger partial charge in [-0.2, -0.15) is 0 Å². The molecule has 0 N–H and O–H groups in total. The van der Waals surface area contributed by atoms with Crippen LogP contribution < -0.4 is 43.6 Å². The van der Waals surface area contributed by atoms with Crippen LogP contribution in [0.3, 0.4) is 0 Å². The summed E-state index contributed by atoms with van der Waals surface area (Å²) in [4.78, 5) is 239. The largest absolute Gasteiger partial charge is 0.494 e. The van der Waals surface area contributed by atoms with Gasteiger partial charge in [0.05, 0.1) is 161 Å². The molecule has 10 fully saturated rings. The molecule has 4 saturated carbocycles. The third kappa shape index (κ3) is 22.3. The molecule has 6 heterocycles. The van der Waals surface area contributed by atoms with Crippen LogP contribution in [0.15, 0.2) is 188 Å². The number of anilines is 6. The summed E-state index contributed by atoms with van der Waals surface area (Å²) in [6.45, 7) is 22.1. The second kappa shape index (κ2) is 46.3. The molecule has 6 bridgehead atoms. The number of piperidine rings is 3. The van der Waals surface area contributed by atoms with Crippen molar-refractivity contribution >= 4 is 129 Å². The van der Waals surface area contributed by atoms with E-state index in [-0.39, 0.29) is 89.9 Å². The van der Waals surface area contributed by atoms with E-state index in [9.17, 15) is 47.9 Å². The third-order valence-corrected chi connectivity index (χ3v) is 31.3. The highest BCUT2D eigenvalue weighted by Crippen LogP contribution is 2.58. The number of benzene rings is 7. The number of unbranched alkanes of at least 4 members (excludes halogenated alkanes) is 17. The topological polar surface area (TPSA) is 357 Å². The first-order valence-corrected chi connectivity index (χ1v) is 52.6. The molecular weight excluding hydrogens is 1870 g/mol. The van der Waals surface area contributed by atoms with E-state index in [2.05, 4.69) is 38.8 Å². The molecule has 10 aliphatic rings. The molecule has 770 valence electrons. The summed E-state index contributed by atoms with van der Waals surface area (Å²) in [7, 11) is 0. The first-order chi connectivity index (χ1) is 71.0. The Morgan fingerprint density at radius 3 is 0.932 bits per heavy atom. The van der Waals surface area contributed by atoms with Gasteiger partial charge in [-0.25, -0.2) is 33.9 Å². The molecule has 0 radical (unpaired) electrons. The van der Waals surface area contributed by atoms with Crippen LogP contribution in [0.25, 0.3) is 11.1 Å². The van der Waals surface area contributed by atoms with Crippen molar-refractivity contribution < 1.29 is 110 Å². The maximum Gasteiger partial charge on any atom is 0.338 e. The number of nitrogens with zero attached hydrogens (tertiary/aromatic N) is 6. The molecule has 0 spiro atoms. The number of amides is 12. The highest BCUT2D eigenvalue weighted by atomic mass is 16.5. The minimum Gasteiger partial charge on any atom is -0.494 e. The Morgan fingerprint density at radius 2 is 0.592 bits per heavy atom. The van der Waals surface area contributed by atoms with Gasteiger partial charge >= 0.3 is 23.9 Å². The first kappa shape index (κ1) is 104. The zero-order chi connectivity index (χ0) is 104. The summed E-state index contributed by atoms with van der Waals surface area (Å²) >= 11 is 0. The summed E-state index contributed by atoms with van der Waals surface area (Å²) in [5.41, 5.74) is 4.94. The molecule has 7 aromatic rings. The van der Waals surface area contributed by atoms with Crippen LogP contribution in [0.1, 0.15) is 261 Å². The van der Waals surface area contributed by atoms with E-state index in [4.69, 9.17) is 33.2 Å². The minimum absolute atomic E-state index is 0.0130. The van der Waals surface area contributed by atoms with Crippen LogP contribution >= 0.6 is 0 Å². The summed E-state index contributed by atoms with van der Waals surface area (Å²) in [6.07, 6.45) is 24.7. The fourth-order valence-corrected chi connectivity index (χ4v) is 23.6. The van der Waals surface area contributed by atoms with E-state index in [0.29, 0.717) is 86.1 Å². The number of imide groups is 6. The van der Waals surface area contributed by atoms with Gasteiger partial charge in [0, 0.05) is 5.57 Å². The van der Waals surface area contributed by atoms with E-state index >= 15 is 28.8 Å². The molecule has 0 aromatic heterocycles. The van der Waals surface area contributed by atoms with Gasteiger partial charge < -0.3 is 33.2 Å². The van der Waals surface area contributed by atoms with Crippen molar-refractivity contribution in [3.8, 4) is 28.4 Å². The van der Waals surface area contributed by atoms with Gasteiger partial charge in [0.25, 0.3) is 0 Å². The maximum atomic E-state index is 15.4. The highest BCUT2D eigenvalue weighted by molar-refractivity contribution is 6.33. The number of carbonyl (C=O) groups is 16. The number of carbonyl (C=O) groups excluding carboxylic acids is 16. The standard InChI is InChI=1S/C118H130N6O23/c1-9-10-23-30-74-31-33-75(34-32-74)76-35-45-88(46-36-76)143-53-26-21-22-29-56-146-118(140)81-63-86(122-107(129)95-68-96(108(122)130)102-101(95)111(133)123(112(102)134)85-60-72(7)58-80(62-85)117(139)144-54-27-18-15-13-11-12-14-17-25-52-142-89-47-37-77(38-48-89)78-39-49-90(50-40-78)147-115(137)70(4)5)65-87(64-81)124-113(135)99-91-66-92(100(99)114(124)136)104(126)119(103(91)125)82-41-43-83(44-42-82)120-109(131)97-93-67-94(98(97)110(120)132)106(128)121(105(93)127)84-59-71(6)57-79(61-84)116(138)145-55-28-20-16-19-24-51-141-73(8)69(2)3/h35-50,57-65,74-75,91-102H,2,4,8-34,51-56,66-68H2,1,3,5-7H3. The lowest BCUT2D eigenvalue weighted by Crippen LogP contribution is -2.50. The zero-order valence-corrected chi connectivity index (χ0v) is 84.5. The molecule has 7 aromatic carbocycles. The van der Waals surface area contributed by atoms with Gasteiger partial charge in [0.15, 0.2) is 0 Å². The predicted octanol–water partition coefficient (Wildman–Crippen LogP) is 20.0. The average Bonchev–Trinajstić information content (AvgIpc) is 1.55. The van der Waals surface area contributed by atoms with Crippen molar-refractivity contribution in [3.63, 3.8) is 0 Å². The van der Waals surface area contributed by atoms with Gasteiger partial charge in [0.2, 0.25) is 70.9 Å². The van der Waals surface area contributed by atoms with Crippen molar-refractivity contribution in [2.24, 2.45) is 76.9 Å². The lowest BCUT2D eigenvalue weighted by Gasteiger charge is -2.33. The Hall–Kier alpha value is -14.1. The maximum absolute atomic E-state index is 15.4. The van der Waals surface area contributed by atoms with Crippen LogP contribution in [-0.4, -0.2) is 134 Å². The molecule has 29 nitrogen and oxygen atoms in total. The molecular formula is C118H130N6O23. The molecule has 12 unspecified atom stereocenters. The summed E-state index contributed by atoms with van der Waals surface area (Å²) < 4.78 is 40.3. The van der Waals surface area contributed by atoms with Crippen molar-refractivity contribution in [1.29, 1.82) is 0 Å². The minimum atomic E-state index is -1.43. The molecule has 147 heavy (non-hydrogen) atoms. The smallest absolute Gasteiger partial charge is 0.338 e. The number of hydrogen-bond acceptors (Lipinski definition) is 23. The van der Waals surface area contributed by atoms with Crippen LogP contribution in [-0.2, 0) is 81.3 Å². The molecule has 12 atom stereocenters. The molecule has 6 aliphatic heterocycles. The molecule has 29 heteroatoms. The third-order valence-electron chi connectivity index (χ3n) is 31.3. The van der Waals surface area contributed by atoms with Crippen molar-refractivity contribution in [3.05, 3.63) is 222 Å². The second-order valence-electron chi connectivity index (χ2n) is 41.5. The van der Waals surface area contributed by atoms with E-state index in [0.717, 1.165) is 147 Å². The number of allylic oxidation sites excluding steroid dienone is 1. The van der Waals surface area contributed by atoms with E-state index < -0.39 is 166 Å². The zero-order valence-electron chi connectivity index (χ0n) is 84.5. The van der Waals surface area contributed by atoms with Gasteiger partial charge in [-0.05, 0) is 284 Å². The van der Waals surface area contributed by atoms with Crippen LogP contribution in [0, 0.1) is 90.8 Å². The number of aryl methyl sites for hydroxylation is 2. The van der Waals surface area contributed by atoms with Crippen molar-refractivity contribution in [1.82, 2.24) is 0 Å². The Balaban J connectivity index is 0.515. The number of ether oxygens (including phenoxy) is 7. The van der Waals surface area contributed by atoms with Crippen LogP contribution in [0.2, 0.25) is 0 Å². The lowest BCUT2D eigenvalue weighted by molar-refractivity contribution is -0.137. The highest BCUT2D eigenvalue weighted by Gasteiger charge is 2.70. The van der Waals surface area contributed by atoms with Crippen molar-refractivity contribution in [2.45, 2.75) is 227 Å². The Labute approximate surface area is 856 Å². The normalized spacial score (nSPS) is 23.2. The Morgan fingerprint density at radius 1 is 0.299 bits per heavy atom. The average molecular weight is 2000 g/mol. The first-order valence-electron chi connectivity index (χ1n) is 52.6. The SMILES string of the molecule is C=C(C)C(=C)OCCCCCCCOC(=O)c1cc(C)cc(N2C(=O)C3CC(C2=O)C2C(=O)N(c4ccc(N5C(=O)C6CC(C5=O)C5C(=O)N(c7cc(C(=O)OCCCCCCOc8ccc(C9CCC(CCCCC)CC9)cc8)cc(N8C(=O)C9CC(C8=O)C8C(=O)N(c%10cc(C)cc(C(=O)OCCCCCCCCCCCOc%11ccc(-c%12ccc(OC(=O)C(=C)C)cc%12)cc%11)c%10)C(=O)C98)c7)C(=O)C65)cc4)C(=O)C32)c1. The van der Waals surface area contributed by atoms with Gasteiger partial charge in [-0.15, -0.1) is 0 Å². The Bertz CT molecular complexity index is 6190. The summed E-state index contributed by atoms with van der Waals surface area (Å²) in [5, 5.41) is 0. The van der Waals surface area contributed by atoms with Gasteiger partial charge in [-0.3, -0.25) is 72.2 Å². The van der Waals surface area contributed by atoms with Gasteiger partial charge in [-0.1, -0.05) is 153 Å². The molecule has 6 saturated heterocycles. The van der Waals surface area contributed by atoms with E-state index in [1.54, 1.807) is 57.2 Å². The number of rotatable bonds is 48. The molecule has 4 aliphatic carbocycles. The summed E-state index contributed by atoms with van der Waals surface area (Å²) in [5.74, 6) is -23.8. The lowest BCUT2D eigenvalue weighted by atomic mass is 9.77.